The van der Waals surface area contributed by atoms with Crippen molar-refractivity contribution in [1.82, 2.24) is 0 Å². The first-order valence-electron chi connectivity index (χ1n) is 13.6. The van der Waals surface area contributed by atoms with Crippen LogP contribution in [0.25, 0.3) is 0 Å². The maximum atomic E-state index is 13.8. The summed E-state index contributed by atoms with van der Waals surface area (Å²) >= 11 is 0. The molecule has 0 spiro atoms. The predicted octanol–water partition coefficient (Wildman–Crippen LogP) is 2.05. The van der Waals surface area contributed by atoms with Crippen LogP contribution in [0.2, 0.25) is 0 Å². The summed E-state index contributed by atoms with van der Waals surface area (Å²) in [6.07, 6.45) is -2.44. The van der Waals surface area contributed by atoms with E-state index in [0.717, 1.165) is 15.9 Å². The first kappa shape index (κ1) is 32.2. The Labute approximate surface area is 261 Å². The van der Waals surface area contributed by atoms with Crippen LogP contribution in [0.5, 0.6) is 0 Å². The minimum atomic E-state index is -4.75. The molecule has 2 aliphatic rings. The Morgan fingerprint density at radius 3 is 1.51 bits per heavy atom. The second-order valence-corrected chi connectivity index (χ2v) is 15.9. The molecule has 0 radical (unpaired) electrons. The van der Waals surface area contributed by atoms with E-state index in [4.69, 9.17) is 18.9 Å². The van der Waals surface area contributed by atoms with Crippen LogP contribution in [0.1, 0.15) is 12.8 Å². The number of hydrogen-bond donors (Lipinski definition) is 0. The lowest BCUT2D eigenvalue weighted by molar-refractivity contribution is -0.158. The zero-order chi connectivity index (χ0) is 32.2. The van der Waals surface area contributed by atoms with Gasteiger partial charge in [0.05, 0.1) is 33.9 Å². The number of carbonyl (C=O) groups excluding carboxylic acids is 4. The Morgan fingerprint density at radius 1 is 0.644 bits per heavy atom. The van der Waals surface area contributed by atoms with Gasteiger partial charge in [0, 0.05) is 18.9 Å². The lowest BCUT2D eigenvalue weighted by Crippen LogP contribution is -2.29. The SMILES string of the molecule is O=C(CS(=O)(=O)c1ccc([S+](c2ccccc2)c2ccccc2)cc1S(=O)(=O)CC(=O)OC1CCOC1=O)OC1CCOC1=O. The van der Waals surface area contributed by atoms with Crippen molar-refractivity contribution in [3.8, 4) is 0 Å². The highest BCUT2D eigenvalue weighted by Crippen LogP contribution is 2.35. The molecule has 236 valence electrons. The summed E-state index contributed by atoms with van der Waals surface area (Å²) in [4.78, 5) is 49.3. The third-order valence-electron chi connectivity index (χ3n) is 6.72. The first-order chi connectivity index (χ1) is 21.4. The van der Waals surface area contributed by atoms with Crippen molar-refractivity contribution in [2.75, 3.05) is 24.7 Å². The Morgan fingerprint density at radius 2 is 1.09 bits per heavy atom. The quantitative estimate of drug-likeness (QED) is 0.165. The minimum Gasteiger partial charge on any atom is -0.463 e. The van der Waals surface area contributed by atoms with Crippen molar-refractivity contribution in [2.45, 2.75) is 49.5 Å². The van der Waals surface area contributed by atoms with Crippen molar-refractivity contribution < 1.29 is 55.0 Å². The molecule has 2 atom stereocenters. The maximum Gasteiger partial charge on any atom is 0.347 e. The average molecular weight is 676 g/mol. The number of benzene rings is 3. The van der Waals surface area contributed by atoms with Crippen LogP contribution in [0.3, 0.4) is 0 Å². The summed E-state index contributed by atoms with van der Waals surface area (Å²) in [7, 11) is -10.4. The van der Waals surface area contributed by atoms with E-state index in [2.05, 4.69) is 0 Å². The van der Waals surface area contributed by atoms with Gasteiger partial charge in [-0.2, -0.15) is 0 Å². The van der Waals surface area contributed by atoms with E-state index in [1.807, 2.05) is 60.7 Å². The molecule has 2 fully saturated rings. The summed E-state index contributed by atoms with van der Waals surface area (Å²) in [6.45, 7) is 0.0107. The summed E-state index contributed by atoms with van der Waals surface area (Å²) < 4.78 is 74.1. The summed E-state index contributed by atoms with van der Waals surface area (Å²) in [5.41, 5.74) is 0. The standard InChI is InChI=1S/C30H27O12S3/c31-27(41-23-13-15-39-29(23)33)18-44(35,36)25-12-11-22(43(20-7-3-1-4-8-20)21-9-5-2-6-10-21)17-26(25)45(37,38)19-28(32)42-24-14-16-40-30(24)34/h1-12,17,23-24H,13-16,18-19H2/q+1. The zero-order valence-electron chi connectivity index (χ0n) is 23.5. The van der Waals surface area contributed by atoms with Crippen LogP contribution in [0.15, 0.2) is 103 Å². The monoisotopic (exact) mass is 675 g/mol. The highest BCUT2D eigenvalue weighted by molar-refractivity contribution is 7.97. The van der Waals surface area contributed by atoms with Gasteiger partial charge in [0.1, 0.15) is 0 Å². The van der Waals surface area contributed by atoms with E-state index in [9.17, 15) is 36.0 Å². The van der Waals surface area contributed by atoms with Gasteiger partial charge in [-0.1, -0.05) is 36.4 Å². The Kier molecular flexibility index (Phi) is 9.60. The topological polar surface area (TPSA) is 173 Å². The fraction of sp³-hybridized carbons (Fsp3) is 0.267. The maximum absolute atomic E-state index is 13.8. The molecule has 0 bridgehead atoms. The Balaban J connectivity index is 1.55. The molecule has 12 nitrogen and oxygen atoms in total. The number of hydrogen-bond acceptors (Lipinski definition) is 12. The molecule has 0 saturated carbocycles. The van der Waals surface area contributed by atoms with Gasteiger partial charge in [-0.05, 0) is 36.4 Å². The fourth-order valence-corrected chi connectivity index (χ4v) is 10.00. The van der Waals surface area contributed by atoms with Gasteiger partial charge in [-0.25, -0.2) is 26.4 Å². The highest BCUT2D eigenvalue weighted by Gasteiger charge is 2.38. The second-order valence-electron chi connectivity index (χ2n) is 9.93. The van der Waals surface area contributed by atoms with Gasteiger partial charge in [0.2, 0.25) is 12.2 Å². The number of rotatable bonds is 11. The third kappa shape index (κ3) is 7.54. The number of esters is 4. The molecule has 0 aromatic heterocycles. The third-order valence-corrected chi connectivity index (χ3v) is 12.3. The molecule has 3 aromatic rings. The van der Waals surface area contributed by atoms with Crippen LogP contribution >= 0.6 is 0 Å². The summed E-state index contributed by atoms with van der Waals surface area (Å²) in [6, 6.07) is 21.9. The number of ether oxygens (including phenoxy) is 4. The number of sulfone groups is 2. The average Bonchev–Trinajstić information content (AvgIpc) is 3.60. The second kappa shape index (κ2) is 13.4. The van der Waals surface area contributed by atoms with Gasteiger partial charge in [-0.3, -0.25) is 9.59 Å². The molecular formula is C30H27O12S3+. The lowest BCUT2D eigenvalue weighted by Gasteiger charge is -2.15. The normalized spacial score (nSPS) is 18.3. The molecule has 45 heavy (non-hydrogen) atoms. The largest absolute Gasteiger partial charge is 0.463 e. The molecule has 5 rings (SSSR count). The van der Waals surface area contributed by atoms with Crippen LogP contribution in [0.4, 0.5) is 0 Å². The van der Waals surface area contributed by atoms with Gasteiger partial charge in [0.15, 0.2) is 45.9 Å². The predicted molar refractivity (Wildman–Crippen MR) is 157 cm³/mol. The minimum absolute atomic E-state index is 0.00390. The van der Waals surface area contributed by atoms with Crippen molar-refractivity contribution in [2.24, 2.45) is 0 Å². The van der Waals surface area contributed by atoms with E-state index in [1.165, 1.54) is 12.1 Å². The van der Waals surface area contributed by atoms with E-state index >= 15 is 0 Å². The molecule has 0 N–H and O–H groups in total. The van der Waals surface area contributed by atoms with Gasteiger partial charge in [0.25, 0.3) is 0 Å². The van der Waals surface area contributed by atoms with Crippen molar-refractivity contribution in [3.63, 3.8) is 0 Å². The Bertz CT molecular complexity index is 1780. The van der Waals surface area contributed by atoms with Crippen LogP contribution in [-0.4, -0.2) is 77.6 Å². The van der Waals surface area contributed by atoms with E-state index < -0.39 is 88.0 Å². The van der Waals surface area contributed by atoms with E-state index in [1.54, 1.807) is 0 Å². The van der Waals surface area contributed by atoms with Gasteiger partial charge < -0.3 is 18.9 Å². The molecule has 15 heteroatoms. The molecular weight excluding hydrogens is 649 g/mol. The zero-order valence-corrected chi connectivity index (χ0v) is 26.0. The van der Waals surface area contributed by atoms with Crippen molar-refractivity contribution >= 4 is 54.4 Å². The first-order valence-corrected chi connectivity index (χ1v) is 18.1. The number of cyclic esters (lactones) is 2. The molecule has 2 aliphatic heterocycles. The smallest absolute Gasteiger partial charge is 0.347 e. The molecule has 2 heterocycles. The molecule has 2 saturated heterocycles. The molecule has 0 amide bonds. The van der Waals surface area contributed by atoms with Gasteiger partial charge >= 0.3 is 23.9 Å². The molecule has 3 aromatic carbocycles. The molecule has 0 aliphatic carbocycles. The highest BCUT2D eigenvalue weighted by atomic mass is 32.2. The van der Waals surface area contributed by atoms with Gasteiger partial charge in [-0.15, -0.1) is 0 Å². The van der Waals surface area contributed by atoms with Crippen molar-refractivity contribution in [3.05, 3.63) is 78.9 Å². The van der Waals surface area contributed by atoms with Crippen LogP contribution < -0.4 is 0 Å². The lowest BCUT2D eigenvalue weighted by atomic mass is 10.3. The van der Waals surface area contributed by atoms with E-state index in [-0.39, 0.29) is 26.1 Å². The summed E-state index contributed by atoms with van der Waals surface area (Å²) in [5.74, 6) is -6.75. The van der Waals surface area contributed by atoms with Crippen LogP contribution in [-0.2, 0) is 68.7 Å². The molecule has 2 unspecified atom stereocenters. The van der Waals surface area contributed by atoms with E-state index in [0.29, 0.717) is 4.90 Å². The van der Waals surface area contributed by atoms with Crippen molar-refractivity contribution in [1.29, 1.82) is 0 Å². The van der Waals surface area contributed by atoms with Crippen LogP contribution in [0, 0.1) is 0 Å². The Hall–Kier alpha value is -4.21. The summed E-state index contributed by atoms with van der Waals surface area (Å²) in [5, 5.41) is 0. The fourth-order valence-electron chi connectivity index (χ4n) is 4.66. The number of carbonyl (C=O) groups is 4.